The monoisotopic (exact) mass is 508 g/mol. The normalized spacial score (nSPS) is 12.0. The Morgan fingerprint density at radius 3 is 1.73 bits per heavy atom. The van der Waals surface area contributed by atoms with Crippen LogP contribution in [0.3, 0.4) is 0 Å². The van der Waals surface area contributed by atoms with E-state index in [0.29, 0.717) is 22.4 Å². The molecule has 0 aliphatic rings. The van der Waals surface area contributed by atoms with Gasteiger partial charge in [-0.2, -0.15) is 31.6 Å². The van der Waals surface area contributed by atoms with Crippen LogP contribution in [-0.4, -0.2) is 14.6 Å². The predicted octanol–water partition coefficient (Wildman–Crippen LogP) is 7.64. The zero-order chi connectivity index (χ0) is 26.4. The fraction of sp³-hybridized carbons (Fsp3) is 0.0741. The van der Waals surface area contributed by atoms with Gasteiger partial charge in [0.05, 0.1) is 16.8 Å². The van der Waals surface area contributed by atoms with Gasteiger partial charge in [-0.05, 0) is 35.9 Å². The number of fused-ring (bicyclic) bond motifs is 1. The maximum atomic E-state index is 13.1. The molecule has 0 saturated heterocycles. The molecule has 0 radical (unpaired) electrons. The average Bonchev–Trinajstić information content (AvgIpc) is 3.33. The first kappa shape index (κ1) is 24.1. The van der Waals surface area contributed by atoms with Gasteiger partial charge in [-0.3, -0.25) is 0 Å². The van der Waals surface area contributed by atoms with Crippen molar-refractivity contribution in [2.24, 2.45) is 0 Å². The van der Waals surface area contributed by atoms with Gasteiger partial charge >= 0.3 is 12.4 Å². The van der Waals surface area contributed by atoms with Crippen molar-refractivity contribution < 1.29 is 26.3 Å². The van der Waals surface area contributed by atoms with Crippen molar-refractivity contribution in [3.05, 3.63) is 102 Å². The van der Waals surface area contributed by atoms with Gasteiger partial charge in [-0.1, -0.05) is 54.6 Å². The molecule has 5 rings (SSSR count). The highest BCUT2D eigenvalue weighted by atomic mass is 19.4. The van der Waals surface area contributed by atoms with E-state index in [0.717, 1.165) is 24.3 Å². The zero-order valence-electron chi connectivity index (χ0n) is 18.6. The van der Waals surface area contributed by atoms with E-state index in [2.05, 4.69) is 16.2 Å². The van der Waals surface area contributed by atoms with E-state index in [1.807, 2.05) is 0 Å². The lowest BCUT2D eigenvalue weighted by Crippen LogP contribution is -2.05. The van der Waals surface area contributed by atoms with E-state index in [1.165, 1.54) is 28.8 Å². The topological polar surface area (TPSA) is 54.0 Å². The molecule has 0 aliphatic carbocycles. The third kappa shape index (κ3) is 4.51. The summed E-state index contributed by atoms with van der Waals surface area (Å²) >= 11 is 0. The second-order valence-corrected chi connectivity index (χ2v) is 8.12. The molecular weight excluding hydrogens is 494 g/mol. The SMILES string of the molecule is N#Cc1c(-c2ccccc2)cc(-c2ccc(C(F)(F)F)cc2)n2nc(-c3ccc(C(F)(F)F)cc3)nc12. The quantitative estimate of drug-likeness (QED) is 0.235. The smallest absolute Gasteiger partial charge is 0.211 e. The van der Waals surface area contributed by atoms with Gasteiger partial charge in [0, 0.05) is 16.7 Å². The van der Waals surface area contributed by atoms with E-state index in [9.17, 15) is 31.6 Å². The van der Waals surface area contributed by atoms with Gasteiger partial charge in [-0.25, -0.2) is 9.50 Å². The number of nitrogens with zero attached hydrogens (tertiary/aromatic N) is 4. The largest absolute Gasteiger partial charge is 0.416 e. The first-order valence-corrected chi connectivity index (χ1v) is 10.8. The Kier molecular flexibility index (Phi) is 5.71. The van der Waals surface area contributed by atoms with Crippen molar-refractivity contribution >= 4 is 5.65 Å². The van der Waals surface area contributed by atoms with Crippen molar-refractivity contribution in [1.29, 1.82) is 5.26 Å². The van der Waals surface area contributed by atoms with Crippen LogP contribution in [0.2, 0.25) is 0 Å². The first-order chi connectivity index (χ1) is 17.6. The van der Waals surface area contributed by atoms with Gasteiger partial charge in [0.25, 0.3) is 0 Å². The van der Waals surface area contributed by atoms with Crippen LogP contribution in [0.4, 0.5) is 26.3 Å². The summed E-state index contributed by atoms with van der Waals surface area (Å²) in [6.45, 7) is 0. The summed E-state index contributed by atoms with van der Waals surface area (Å²) in [5, 5.41) is 14.4. The third-order valence-corrected chi connectivity index (χ3v) is 5.78. The lowest BCUT2D eigenvalue weighted by atomic mass is 9.98. The fourth-order valence-electron chi connectivity index (χ4n) is 3.95. The van der Waals surface area contributed by atoms with Crippen molar-refractivity contribution in [3.63, 3.8) is 0 Å². The van der Waals surface area contributed by atoms with Crippen LogP contribution in [0.1, 0.15) is 16.7 Å². The van der Waals surface area contributed by atoms with Gasteiger partial charge in [0.15, 0.2) is 11.5 Å². The molecule has 0 amide bonds. The minimum absolute atomic E-state index is 0.0589. The van der Waals surface area contributed by atoms with Crippen LogP contribution in [0.5, 0.6) is 0 Å². The molecule has 0 aliphatic heterocycles. The minimum Gasteiger partial charge on any atom is -0.211 e. The number of alkyl halides is 6. The Labute approximate surface area is 206 Å². The molecular formula is C27H14F6N4. The van der Waals surface area contributed by atoms with E-state index in [4.69, 9.17) is 0 Å². The molecule has 3 aromatic carbocycles. The standard InChI is InChI=1S/C27H14F6N4/c28-26(29,30)19-10-6-17(7-11-19)23-14-21(16-4-2-1-3-5-16)22(15-34)25-35-24(36-37(23)25)18-8-12-20(13-9-18)27(31,32)33/h1-14H. The Morgan fingerprint density at radius 2 is 1.22 bits per heavy atom. The molecule has 0 bridgehead atoms. The number of rotatable bonds is 3. The van der Waals surface area contributed by atoms with Crippen molar-refractivity contribution in [2.75, 3.05) is 0 Å². The zero-order valence-corrected chi connectivity index (χ0v) is 18.6. The predicted molar refractivity (Wildman–Crippen MR) is 124 cm³/mol. The second kappa shape index (κ2) is 8.78. The molecule has 0 atom stereocenters. The van der Waals surface area contributed by atoms with E-state index < -0.39 is 23.5 Å². The number of nitriles is 1. The molecule has 0 fully saturated rings. The minimum atomic E-state index is -4.52. The molecule has 0 saturated carbocycles. The lowest BCUT2D eigenvalue weighted by Gasteiger charge is -2.12. The summed E-state index contributed by atoms with van der Waals surface area (Å²) in [7, 11) is 0. The summed E-state index contributed by atoms with van der Waals surface area (Å²) in [4.78, 5) is 4.44. The average molecular weight is 508 g/mol. The summed E-state index contributed by atoms with van der Waals surface area (Å²) in [6.07, 6.45) is -9.03. The van der Waals surface area contributed by atoms with Gasteiger partial charge in [0.1, 0.15) is 11.6 Å². The Morgan fingerprint density at radius 1 is 0.676 bits per heavy atom. The molecule has 0 unspecified atom stereocenters. The van der Waals surface area contributed by atoms with Crippen LogP contribution in [0.15, 0.2) is 84.9 Å². The molecule has 37 heavy (non-hydrogen) atoms. The summed E-state index contributed by atoms with van der Waals surface area (Å²) in [5.74, 6) is 0.0589. The molecule has 5 aromatic rings. The summed E-state index contributed by atoms with van der Waals surface area (Å²) in [5.41, 5.74) is 0.783. The molecule has 0 N–H and O–H groups in total. The second-order valence-electron chi connectivity index (χ2n) is 8.12. The third-order valence-electron chi connectivity index (χ3n) is 5.78. The maximum Gasteiger partial charge on any atom is 0.416 e. The number of hydrogen-bond donors (Lipinski definition) is 0. The van der Waals surface area contributed by atoms with E-state index in [1.54, 1.807) is 36.4 Å². The Balaban J connectivity index is 1.75. The number of benzene rings is 3. The molecule has 2 aromatic heterocycles. The Bertz CT molecular complexity index is 1630. The summed E-state index contributed by atoms with van der Waals surface area (Å²) < 4.78 is 79.7. The Hall–Kier alpha value is -4.65. The highest BCUT2D eigenvalue weighted by molar-refractivity contribution is 5.83. The molecule has 4 nitrogen and oxygen atoms in total. The molecule has 2 heterocycles. The van der Waals surface area contributed by atoms with Crippen molar-refractivity contribution in [3.8, 4) is 39.8 Å². The highest BCUT2D eigenvalue weighted by Crippen LogP contribution is 2.36. The van der Waals surface area contributed by atoms with Crippen LogP contribution in [0.25, 0.3) is 39.4 Å². The van der Waals surface area contributed by atoms with E-state index in [-0.39, 0.29) is 22.6 Å². The van der Waals surface area contributed by atoms with Crippen LogP contribution in [0, 0.1) is 11.3 Å². The first-order valence-electron chi connectivity index (χ1n) is 10.8. The van der Waals surface area contributed by atoms with Crippen molar-refractivity contribution in [1.82, 2.24) is 14.6 Å². The number of halogens is 6. The van der Waals surface area contributed by atoms with Crippen LogP contribution < -0.4 is 0 Å². The maximum absolute atomic E-state index is 13.1. The van der Waals surface area contributed by atoms with E-state index >= 15 is 0 Å². The molecule has 10 heteroatoms. The highest BCUT2D eigenvalue weighted by Gasteiger charge is 2.31. The summed E-state index contributed by atoms with van der Waals surface area (Å²) in [6, 6.07) is 21.3. The van der Waals surface area contributed by atoms with Gasteiger partial charge < -0.3 is 0 Å². The number of aromatic nitrogens is 3. The fourth-order valence-corrected chi connectivity index (χ4v) is 3.95. The van der Waals surface area contributed by atoms with Crippen molar-refractivity contribution in [2.45, 2.75) is 12.4 Å². The number of hydrogen-bond acceptors (Lipinski definition) is 3. The van der Waals surface area contributed by atoms with Gasteiger partial charge in [0.2, 0.25) is 0 Å². The van der Waals surface area contributed by atoms with Crippen LogP contribution >= 0.6 is 0 Å². The van der Waals surface area contributed by atoms with Crippen LogP contribution in [-0.2, 0) is 12.4 Å². The molecule has 184 valence electrons. The number of pyridine rings is 1. The lowest BCUT2D eigenvalue weighted by molar-refractivity contribution is -0.138. The molecule has 0 spiro atoms. The van der Waals surface area contributed by atoms with Gasteiger partial charge in [-0.15, -0.1) is 5.10 Å².